The predicted octanol–water partition coefficient (Wildman–Crippen LogP) is 2.58. The van der Waals surface area contributed by atoms with Crippen molar-refractivity contribution in [1.82, 2.24) is 10.2 Å². The molecular weight excluding hydrogens is 272 g/mol. The molecule has 108 valence electrons. The van der Waals surface area contributed by atoms with Crippen LogP contribution in [0.4, 0.5) is 0 Å². The molecule has 1 N–H and O–H groups in total. The Bertz CT molecular complexity index is 513. The highest BCUT2D eigenvalue weighted by Crippen LogP contribution is 2.50. The number of amides is 1. The molecule has 1 unspecified atom stereocenters. The molecule has 0 spiro atoms. The Morgan fingerprint density at radius 1 is 1.45 bits per heavy atom. The van der Waals surface area contributed by atoms with Crippen LogP contribution in [0, 0.1) is 0 Å². The van der Waals surface area contributed by atoms with E-state index in [9.17, 15) is 4.79 Å². The van der Waals surface area contributed by atoms with Gasteiger partial charge in [0.15, 0.2) is 0 Å². The number of hydrogen-bond donors (Lipinski definition) is 1. The van der Waals surface area contributed by atoms with Crippen molar-refractivity contribution in [2.75, 3.05) is 20.1 Å². The van der Waals surface area contributed by atoms with Crippen LogP contribution in [-0.4, -0.2) is 37.0 Å². The maximum atomic E-state index is 12.9. The number of carbonyl (C=O) groups is 1. The predicted molar refractivity (Wildman–Crippen MR) is 81.0 cm³/mol. The van der Waals surface area contributed by atoms with Gasteiger partial charge in [0.25, 0.3) is 0 Å². The molecule has 1 heterocycles. The topological polar surface area (TPSA) is 32.3 Å². The number of halogens is 1. The number of piperidine rings is 1. The van der Waals surface area contributed by atoms with Crippen molar-refractivity contribution in [3.63, 3.8) is 0 Å². The summed E-state index contributed by atoms with van der Waals surface area (Å²) in [5, 5.41) is 4.01. The summed E-state index contributed by atoms with van der Waals surface area (Å²) in [5.74, 6) is 0.291. The molecule has 1 aliphatic carbocycles. The average molecular weight is 293 g/mol. The van der Waals surface area contributed by atoms with E-state index < -0.39 is 0 Å². The molecule has 1 saturated heterocycles. The Kier molecular flexibility index (Phi) is 3.74. The fraction of sp³-hybridized carbons (Fsp3) is 0.562. The van der Waals surface area contributed by atoms with Crippen molar-refractivity contribution in [3.05, 3.63) is 34.9 Å². The van der Waals surface area contributed by atoms with Crippen LogP contribution in [0.5, 0.6) is 0 Å². The van der Waals surface area contributed by atoms with Gasteiger partial charge in [-0.3, -0.25) is 4.79 Å². The first-order chi connectivity index (χ1) is 9.65. The Morgan fingerprint density at radius 2 is 2.25 bits per heavy atom. The summed E-state index contributed by atoms with van der Waals surface area (Å²) < 4.78 is 0. The molecular formula is C16H21ClN2O. The van der Waals surface area contributed by atoms with Crippen LogP contribution in [0.15, 0.2) is 24.3 Å². The normalized spacial score (nSPS) is 24.5. The highest BCUT2D eigenvalue weighted by Gasteiger charge is 2.53. The molecule has 4 heteroatoms. The standard InChI is InChI=1S/C16H21ClN2O/c1-18-14-6-3-9-19(11-14)15(20)16(7-8-16)12-4-2-5-13(17)10-12/h2,4-5,10,14,18H,3,6-9,11H2,1H3. The molecule has 0 bridgehead atoms. The zero-order valence-corrected chi connectivity index (χ0v) is 12.6. The number of carbonyl (C=O) groups excluding carboxylic acids is 1. The minimum Gasteiger partial charge on any atom is -0.340 e. The molecule has 1 aliphatic heterocycles. The van der Waals surface area contributed by atoms with Crippen LogP contribution >= 0.6 is 11.6 Å². The smallest absolute Gasteiger partial charge is 0.233 e. The van der Waals surface area contributed by atoms with Crippen molar-refractivity contribution >= 4 is 17.5 Å². The summed E-state index contributed by atoms with van der Waals surface area (Å²) in [4.78, 5) is 15.0. The third-order valence-corrected chi connectivity index (χ3v) is 4.89. The Morgan fingerprint density at radius 3 is 2.90 bits per heavy atom. The molecule has 1 aromatic rings. The fourth-order valence-corrected chi connectivity index (χ4v) is 3.43. The van der Waals surface area contributed by atoms with Crippen molar-refractivity contribution in [3.8, 4) is 0 Å². The summed E-state index contributed by atoms with van der Waals surface area (Å²) in [6, 6.07) is 8.23. The van der Waals surface area contributed by atoms with Gasteiger partial charge < -0.3 is 10.2 Å². The minimum absolute atomic E-state index is 0.291. The quantitative estimate of drug-likeness (QED) is 0.929. The average Bonchev–Trinajstić information content (AvgIpc) is 3.28. The zero-order chi connectivity index (χ0) is 14.2. The second-order valence-electron chi connectivity index (χ2n) is 5.97. The van der Waals surface area contributed by atoms with Crippen molar-refractivity contribution < 1.29 is 4.79 Å². The van der Waals surface area contributed by atoms with Gasteiger partial charge in [0, 0.05) is 24.2 Å². The monoisotopic (exact) mass is 292 g/mol. The van der Waals surface area contributed by atoms with E-state index in [2.05, 4.69) is 5.32 Å². The lowest BCUT2D eigenvalue weighted by Crippen LogP contribution is -2.50. The summed E-state index contributed by atoms with van der Waals surface area (Å²) in [7, 11) is 1.97. The SMILES string of the molecule is CNC1CCCN(C(=O)C2(c3cccc(Cl)c3)CC2)C1. The van der Waals surface area contributed by atoms with E-state index in [0.717, 1.165) is 44.3 Å². The first-order valence-electron chi connectivity index (χ1n) is 7.38. The highest BCUT2D eigenvalue weighted by molar-refractivity contribution is 6.30. The number of likely N-dealkylation sites (tertiary alicyclic amines) is 1. The molecule has 1 amide bonds. The third kappa shape index (κ3) is 2.45. The lowest BCUT2D eigenvalue weighted by Gasteiger charge is -2.35. The maximum absolute atomic E-state index is 12.9. The van der Waals surface area contributed by atoms with E-state index in [1.54, 1.807) is 0 Å². The van der Waals surface area contributed by atoms with Gasteiger partial charge in [-0.25, -0.2) is 0 Å². The van der Waals surface area contributed by atoms with Gasteiger partial charge >= 0.3 is 0 Å². The molecule has 20 heavy (non-hydrogen) atoms. The van der Waals surface area contributed by atoms with Gasteiger partial charge in [-0.1, -0.05) is 23.7 Å². The van der Waals surface area contributed by atoms with Crippen LogP contribution < -0.4 is 5.32 Å². The molecule has 0 radical (unpaired) electrons. The fourth-order valence-electron chi connectivity index (χ4n) is 3.24. The minimum atomic E-state index is -0.291. The molecule has 1 aromatic carbocycles. The summed E-state index contributed by atoms with van der Waals surface area (Å²) in [6.45, 7) is 1.72. The largest absolute Gasteiger partial charge is 0.340 e. The van der Waals surface area contributed by atoms with Crippen molar-refractivity contribution in [2.24, 2.45) is 0 Å². The molecule has 0 aromatic heterocycles. The van der Waals surface area contributed by atoms with Crippen LogP contribution in [-0.2, 0) is 10.2 Å². The Labute approximate surface area is 125 Å². The first-order valence-corrected chi connectivity index (χ1v) is 7.76. The van der Waals surface area contributed by atoms with Gasteiger partial charge in [0.05, 0.1) is 5.41 Å². The van der Waals surface area contributed by atoms with Crippen molar-refractivity contribution in [1.29, 1.82) is 0 Å². The molecule has 3 nitrogen and oxygen atoms in total. The van der Waals surface area contributed by atoms with Crippen LogP contribution in [0.3, 0.4) is 0 Å². The first kappa shape index (κ1) is 13.9. The Hall–Kier alpha value is -1.06. The third-order valence-electron chi connectivity index (χ3n) is 4.65. The number of hydrogen-bond acceptors (Lipinski definition) is 2. The molecule has 3 rings (SSSR count). The molecule has 2 fully saturated rings. The maximum Gasteiger partial charge on any atom is 0.233 e. The number of likely N-dealkylation sites (N-methyl/N-ethyl adjacent to an activating group) is 1. The molecule has 1 atom stereocenters. The van der Waals surface area contributed by atoms with Crippen LogP contribution in [0.25, 0.3) is 0 Å². The van der Waals surface area contributed by atoms with Crippen molar-refractivity contribution in [2.45, 2.75) is 37.1 Å². The second kappa shape index (κ2) is 5.38. The zero-order valence-electron chi connectivity index (χ0n) is 11.9. The van der Waals surface area contributed by atoms with E-state index in [1.165, 1.54) is 0 Å². The van der Waals surface area contributed by atoms with Gasteiger partial charge in [0.1, 0.15) is 0 Å². The summed E-state index contributed by atoms with van der Waals surface area (Å²) >= 11 is 6.08. The van der Waals surface area contributed by atoms with Crippen LogP contribution in [0.1, 0.15) is 31.2 Å². The van der Waals surface area contributed by atoms with E-state index >= 15 is 0 Å². The summed E-state index contributed by atoms with van der Waals surface area (Å²) in [5.41, 5.74) is 0.794. The van der Waals surface area contributed by atoms with E-state index in [4.69, 9.17) is 11.6 Å². The van der Waals surface area contributed by atoms with E-state index in [1.807, 2.05) is 36.2 Å². The number of nitrogens with one attached hydrogen (secondary N) is 1. The lowest BCUT2D eigenvalue weighted by molar-refractivity contribution is -0.135. The van der Waals surface area contributed by atoms with Gasteiger partial charge in [0.2, 0.25) is 5.91 Å². The highest BCUT2D eigenvalue weighted by atomic mass is 35.5. The van der Waals surface area contributed by atoms with E-state index in [-0.39, 0.29) is 5.41 Å². The number of rotatable bonds is 3. The number of benzene rings is 1. The summed E-state index contributed by atoms with van der Waals surface area (Å²) in [6.07, 6.45) is 4.15. The van der Waals surface area contributed by atoms with E-state index in [0.29, 0.717) is 17.0 Å². The Balaban J connectivity index is 1.79. The van der Waals surface area contributed by atoms with Gasteiger partial charge in [-0.2, -0.15) is 0 Å². The van der Waals surface area contributed by atoms with Gasteiger partial charge in [-0.15, -0.1) is 0 Å². The molecule has 2 aliphatic rings. The van der Waals surface area contributed by atoms with Gasteiger partial charge in [-0.05, 0) is 50.4 Å². The van der Waals surface area contributed by atoms with Crippen LogP contribution in [0.2, 0.25) is 5.02 Å². The lowest BCUT2D eigenvalue weighted by atomic mass is 9.93. The number of nitrogens with zero attached hydrogens (tertiary/aromatic N) is 1. The second-order valence-corrected chi connectivity index (χ2v) is 6.41. The molecule has 1 saturated carbocycles.